The molecule has 0 atom stereocenters. The number of aromatic amines is 1. The van der Waals surface area contributed by atoms with Crippen molar-refractivity contribution in [3.8, 4) is 0 Å². The summed E-state index contributed by atoms with van der Waals surface area (Å²) < 4.78 is 0. The van der Waals surface area contributed by atoms with Crippen molar-refractivity contribution in [2.24, 2.45) is 5.73 Å². The number of carbonyl (C=O) groups is 1. The number of para-hydroxylation sites is 2. The average Bonchev–Trinajstić information content (AvgIpc) is 3.06. The van der Waals surface area contributed by atoms with E-state index in [4.69, 9.17) is 5.73 Å². The monoisotopic (exact) mass is 321 g/mol. The minimum absolute atomic E-state index is 0.451. The van der Waals surface area contributed by atoms with Crippen LogP contribution in [0.2, 0.25) is 0 Å². The van der Waals surface area contributed by atoms with Crippen molar-refractivity contribution in [3.63, 3.8) is 0 Å². The van der Waals surface area contributed by atoms with E-state index >= 15 is 0 Å². The molecule has 122 valence electrons. The zero-order chi connectivity index (χ0) is 16.5. The molecule has 0 saturated carbocycles. The van der Waals surface area contributed by atoms with Gasteiger partial charge >= 0.3 is 0 Å². The number of primary amides is 1. The SMILES string of the molecule is NC(=O)c1cccc2[nH]c(N3CCN(c4ccccc4)CC3)nc12. The molecule has 2 heterocycles. The van der Waals surface area contributed by atoms with E-state index in [0.29, 0.717) is 11.1 Å². The summed E-state index contributed by atoms with van der Waals surface area (Å²) >= 11 is 0. The third-order valence-corrected chi connectivity index (χ3v) is 4.47. The summed E-state index contributed by atoms with van der Waals surface area (Å²) in [5.74, 6) is 0.346. The molecule has 0 bridgehead atoms. The summed E-state index contributed by atoms with van der Waals surface area (Å²) in [6.45, 7) is 3.62. The highest BCUT2D eigenvalue weighted by Crippen LogP contribution is 2.23. The molecular weight excluding hydrogens is 302 g/mol. The van der Waals surface area contributed by atoms with Crippen molar-refractivity contribution in [1.82, 2.24) is 9.97 Å². The fourth-order valence-corrected chi connectivity index (χ4v) is 3.18. The highest BCUT2D eigenvalue weighted by molar-refractivity contribution is 6.04. The Balaban J connectivity index is 1.55. The van der Waals surface area contributed by atoms with E-state index in [9.17, 15) is 4.79 Å². The Kier molecular flexibility index (Phi) is 3.57. The fourth-order valence-electron chi connectivity index (χ4n) is 3.18. The maximum absolute atomic E-state index is 11.5. The highest BCUT2D eigenvalue weighted by atomic mass is 16.1. The standard InChI is InChI=1S/C18H19N5O/c19-17(24)14-7-4-8-15-16(14)21-18(20-15)23-11-9-22(10-12-23)13-5-2-1-3-6-13/h1-8H,9-12H2,(H2,19,24)(H,20,21). The molecule has 1 aliphatic heterocycles. The average molecular weight is 321 g/mol. The Hall–Kier alpha value is -3.02. The summed E-state index contributed by atoms with van der Waals surface area (Å²) in [5.41, 5.74) is 8.63. The number of nitrogens with one attached hydrogen (secondary N) is 1. The number of nitrogens with zero attached hydrogens (tertiary/aromatic N) is 3. The van der Waals surface area contributed by atoms with E-state index in [2.05, 4.69) is 44.0 Å². The van der Waals surface area contributed by atoms with Gasteiger partial charge in [-0.05, 0) is 24.3 Å². The lowest BCUT2D eigenvalue weighted by atomic mass is 10.2. The Morgan fingerprint density at radius 1 is 0.958 bits per heavy atom. The highest BCUT2D eigenvalue weighted by Gasteiger charge is 2.20. The molecule has 4 rings (SSSR count). The molecule has 24 heavy (non-hydrogen) atoms. The number of anilines is 2. The van der Waals surface area contributed by atoms with Crippen LogP contribution in [0.5, 0.6) is 0 Å². The Bertz CT molecular complexity index is 866. The number of H-pyrrole nitrogens is 1. The van der Waals surface area contributed by atoms with E-state index in [0.717, 1.165) is 37.6 Å². The summed E-state index contributed by atoms with van der Waals surface area (Å²) in [5, 5.41) is 0. The number of piperazine rings is 1. The Labute approximate surface area is 139 Å². The second-order valence-electron chi connectivity index (χ2n) is 5.94. The zero-order valence-corrected chi connectivity index (χ0v) is 13.3. The van der Waals surface area contributed by atoms with E-state index in [1.165, 1.54) is 5.69 Å². The van der Waals surface area contributed by atoms with Crippen molar-refractivity contribution in [1.29, 1.82) is 0 Å². The van der Waals surface area contributed by atoms with Crippen molar-refractivity contribution >= 4 is 28.6 Å². The van der Waals surface area contributed by atoms with Crippen LogP contribution >= 0.6 is 0 Å². The first kappa shape index (κ1) is 14.6. The van der Waals surface area contributed by atoms with Crippen LogP contribution in [0.3, 0.4) is 0 Å². The molecule has 1 amide bonds. The number of imidazole rings is 1. The first-order chi connectivity index (χ1) is 11.7. The number of hydrogen-bond acceptors (Lipinski definition) is 4. The zero-order valence-electron chi connectivity index (χ0n) is 13.3. The number of amides is 1. The summed E-state index contributed by atoms with van der Waals surface area (Å²) in [4.78, 5) is 24.0. The molecule has 3 N–H and O–H groups in total. The topological polar surface area (TPSA) is 78.2 Å². The first-order valence-electron chi connectivity index (χ1n) is 8.06. The molecule has 0 radical (unpaired) electrons. The molecule has 1 aromatic heterocycles. The first-order valence-corrected chi connectivity index (χ1v) is 8.06. The number of rotatable bonds is 3. The van der Waals surface area contributed by atoms with Gasteiger partial charge in [0.25, 0.3) is 5.91 Å². The molecular formula is C18H19N5O. The van der Waals surface area contributed by atoms with Crippen LogP contribution in [0.25, 0.3) is 11.0 Å². The predicted octanol–water partition coefficient (Wildman–Crippen LogP) is 1.99. The predicted molar refractivity (Wildman–Crippen MR) is 95.5 cm³/mol. The van der Waals surface area contributed by atoms with Gasteiger partial charge in [-0.2, -0.15) is 0 Å². The molecule has 0 unspecified atom stereocenters. The maximum Gasteiger partial charge on any atom is 0.250 e. The Morgan fingerprint density at radius 2 is 1.67 bits per heavy atom. The van der Waals surface area contributed by atoms with Crippen molar-refractivity contribution < 1.29 is 4.79 Å². The van der Waals surface area contributed by atoms with Gasteiger partial charge in [-0.1, -0.05) is 24.3 Å². The molecule has 0 aliphatic carbocycles. The molecule has 1 saturated heterocycles. The van der Waals surface area contributed by atoms with Gasteiger partial charge in [0.1, 0.15) is 5.52 Å². The van der Waals surface area contributed by atoms with E-state index in [1.54, 1.807) is 6.07 Å². The normalized spacial score (nSPS) is 15.0. The fraction of sp³-hybridized carbons (Fsp3) is 0.222. The summed E-state index contributed by atoms with van der Waals surface area (Å²) in [6.07, 6.45) is 0. The molecule has 6 heteroatoms. The largest absolute Gasteiger partial charge is 0.368 e. The molecule has 1 fully saturated rings. The second-order valence-corrected chi connectivity index (χ2v) is 5.94. The number of carbonyl (C=O) groups excluding carboxylic acids is 1. The van der Waals surface area contributed by atoms with Crippen LogP contribution in [0, 0.1) is 0 Å². The van der Waals surface area contributed by atoms with Gasteiger partial charge in [0.05, 0.1) is 11.1 Å². The lowest BCUT2D eigenvalue weighted by Gasteiger charge is -2.35. The maximum atomic E-state index is 11.5. The number of benzene rings is 2. The quantitative estimate of drug-likeness (QED) is 0.773. The smallest absolute Gasteiger partial charge is 0.250 e. The minimum atomic E-state index is -0.451. The van der Waals surface area contributed by atoms with Crippen LogP contribution in [0.15, 0.2) is 48.5 Å². The summed E-state index contributed by atoms with van der Waals surface area (Å²) in [7, 11) is 0. The van der Waals surface area contributed by atoms with Crippen LogP contribution in [0.4, 0.5) is 11.6 Å². The van der Waals surface area contributed by atoms with Gasteiger partial charge in [-0.15, -0.1) is 0 Å². The lowest BCUT2D eigenvalue weighted by molar-refractivity contribution is 0.100. The number of fused-ring (bicyclic) bond motifs is 1. The van der Waals surface area contributed by atoms with E-state index < -0.39 is 5.91 Å². The van der Waals surface area contributed by atoms with Gasteiger partial charge in [-0.3, -0.25) is 4.79 Å². The second kappa shape index (κ2) is 5.88. The van der Waals surface area contributed by atoms with Crippen molar-refractivity contribution in [2.45, 2.75) is 0 Å². The molecule has 2 aromatic carbocycles. The molecule has 3 aromatic rings. The Morgan fingerprint density at radius 3 is 2.38 bits per heavy atom. The third-order valence-electron chi connectivity index (χ3n) is 4.47. The minimum Gasteiger partial charge on any atom is -0.368 e. The summed E-state index contributed by atoms with van der Waals surface area (Å²) in [6, 6.07) is 15.9. The van der Waals surface area contributed by atoms with Crippen LogP contribution in [0.1, 0.15) is 10.4 Å². The number of aromatic nitrogens is 2. The van der Waals surface area contributed by atoms with Crippen LogP contribution < -0.4 is 15.5 Å². The van der Waals surface area contributed by atoms with Gasteiger partial charge in [0, 0.05) is 31.9 Å². The van der Waals surface area contributed by atoms with Crippen molar-refractivity contribution in [3.05, 3.63) is 54.1 Å². The van der Waals surface area contributed by atoms with Crippen molar-refractivity contribution in [2.75, 3.05) is 36.0 Å². The molecule has 6 nitrogen and oxygen atoms in total. The third kappa shape index (κ3) is 2.56. The number of nitrogens with two attached hydrogens (primary N) is 1. The van der Waals surface area contributed by atoms with Gasteiger partial charge in [0.2, 0.25) is 5.95 Å². The van der Waals surface area contributed by atoms with E-state index in [-0.39, 0.29) is 0 Å². The molecule has 0 spiro atoms. The van der Waals surface area contributed by atoms with Crippen LogP contribution in [-0.2, 0) is 0 Å². The van der Waals surface area contributed by atoms with E-state index in [1.807, 2.05) is 18.2 Å². The van der Waals surface area contributed by atoms with Gasteiger partial charge < -0.3 is 20.5 Å². The van der Waals surface area contributed by atoms with Gasteiger partial charge in [-0.25, -0.2) is 4.98 Å². The number of hydrogen-bond donors (Lipinski definition) is 2. The lowest BCUT2D eigenvalue weighted by Crippen LogP contribution is -2.46. The van der Waals surface area contributed by atoms with Crippen LogP contribution in [-0.4, -0.2) is 42.1 Å². The van der Waals surface area contributed by atoms with Gasteiger partial charge in [0.15, 0.2) is 0 Å². The molecule has 1 aliphatic rings.